The number of methoxy groups -OCH3 is 1. The molecule has 1 atom stereocenters. The number of carbonyl (C=O) groups excluding carboxylic acids is 2. The van der Waals surface area contributed by atoms with E-state index in [1.54, 1.807) is 17.0 Å². The molecule has 5 heteroatoms. The maximum absolute atomic E-state index is 12.7. The van der Waals surface area contributed by atoms with Crippen LogP contribution in [0.5, 0.6) is 11.5 Å². The zero-order chi connectivity index (χ0) is 16.4. The van der Waals surface area contributed by atoms with Crippen LogP contribution >= 0.6 is 0 Å². The summed E-state index contributed by atoms with van der Waals surface area (Å²) >= 11 is 0. The molecule has 0 aromatic heterocycles. The number of anilines is 1. The minimum absolute atomic E-state index is 0.0173. The summed E-state index contributed by atoms with van der Waals surface area (Å²) in [5.74, 6) is 0.830. The molecule has 1 aromatic carbocycles. The number of hydrogen-bond acceptors (Lipinski definition) is 4. The lowest BCUT2D eigenvalue weighted by molar-refractivity contribution is -0.128. The molecule has 1 unspecified atom stereocenters. The van der Waals surface area contributed by atoms with E-state index in [1.165, 1.54) is 7.11 Å². The van der Waals surface area contributed by atoms with Crippen LogP contribution in [-0.2, 0) is 4.79 Å². The van der Waals surface area contributed by atoms with E-state index in [0.717, 1.165) is 11.9 Å². The van der Waals surface area contributed by atoms with E-state index >= 15 is 0 Å². The van der Waals surface area contributed by atoms with Crippen LogP contribution in [0.4, 0.5) is 5.69 Å². The molecule has 1 amide bonds. The first-order valence-corrected chi connectivity index (χ1v) is 7.18. The summed E-state index contributed by atoms with van der Waals surface area (Å²) in [6, 6.07) is 3.25. The van der Waals surface area contributed by atoms with Crippen molar-refractivity contribution in [1.82, 2.24) is 0 Å². The van der Waals surface area contributed by atoms with Gasteiger partial charge in [0.2, 0.25) is 0 Å². The Labute approximate surface area is 130 Å². The Morgan fingerprint density at radius 3 is 2.68 bits per heavy atom. The Kier molecular flexibility index (Phi) is 4.54. The largest absolute Gasteiger partial charge is 0.493 e. The summed E-state index contributed by atoms with van der Waals surface area (Å²) in [4.78, 5) is 25.4. The van der Waals surface area contributed by atoms with E-state index in [9.17, 15) is 9.59 Å². The summed E-state index contributed by atoms with van der Waals surface area (Å²) in [6.07, 6.45) is 0.142. The maximum atomic E-state index is 12.7. The molecule has 1 aliphatic heterocycles. The molecule has 0 fully saturated rings. The molecule has 0 saturated heterocycles. The first kappa shape index (κ1) is 16.1. The van der Waals surface area contributed by atoms with Crippen molar-refractivity contribution in [2.24, 2.45) is 5.92 Å². The Balaban J connectivity index is 2.62. The van der Waals surface area contributed by atoms with Gasteiger partial charge in [-0.15, -0.1) is 0 Å². The lowest BCUT2D eigenvalue weighted by atomic mass is 10.0. The monoisotopic (exact) mass is 303 g/mol. The molecule has 1 heterocycles. The number of nitrogens with zero attached hydrogens (tertiary/aromatic N) is 1. The van der Waals surface area contributed by atoms with Crippen molar-refractivity contribution < 1.29 is 19.1 Å². The van der Waals surface area contributed by atoms with Crippen molar-refractivity contribution in [3.63, 3.8) is 0 Å². The van der Waals surface area contributed by atoms with Crippen LogP contribution in [0.1, 0.15) is 31.1 Å². The van der Waals surface area contributed by atoms with E-state index in [2.05, 4.69) is 6.58 Å². The van der Waals surface area contributed by atoms with Crippen LogP contribution in [-0.4, -0.2) is 32.0 Å². The fraction of sp³-hybridized carbons (Fsp3) is 0.412. The SMILES string of the molecule is C=C(C)CN1C(=O)C(C(C)C)Oc2c(OC)cc(C=O)cc21. The Hall–Kier alpha value is -2.30. The van der Waals surface area contributed by atoms with E-state index in [-0.39, 0.29) is 11.8 Å². The first-order chi connectivity index (χ1) is 10.4. The average molecular weight is 303 g/mol. The van der Waals surface area contributed by atoms with Crippen LogP contribution in [0.2, 0.25) is 0 Å². The number of carbonyl (C=O) groups is 2. The molecule has 0 aliphatic carbocycles. The van der Waals surface area contributed by atoms with Crippen LogP contribution < -0.4 is 14.4 Å². The zero-order valence-electron chi connectivity index (χ0n) is 13.4. The molecule has 118 valence electrons. The normalized spacial score (nSPS) is 17.0. The molecule has 22 heavy (non-hydrogen) atoms. The topological polar surface area (TPSA) is 55.8 Å². The third-order valence-electron chi connectivity index (χ3n) is 3.49. The quantitative estimate of drug-likeness (QED) is 0.620. The number of fused-ring (bicyclic) bond motifs is 1. The van der Waals surface area contributed by atoms with Gasteiger partial charge in [0.25, 0.3) is 5.91 Å². The number of ether oxygens (including phenoxy) is 2. The molecule has 0 N–H and O–H groups in total. The molecule has 2 rings (SSSR count). The number of rotatable bonds is 5. The second-order valence-corrected chi connectivity index (χ2v) is 5.85. The van der Waals surface area contributed by atoms with Gasteiger partial charge in [0.15, 0.2) is 17.6 Å². The standard InChI is InChI=1S/C17H21NO4/c1-10(2)8-18-13-6-12(9-19)7-14(21-5)16(13)22-15(11(3)4)17(18)20/h6-7,9,11,15H,1,8H2,2-5H3. The Morgan fingerprint density at radius 1 is 1.50 bits per heavy atom. The van der Waals surface area contributed by atoms with Crippen LogP contribution in [0.15, 0.2) is 24.3 Å². The van der Waals surface area contributed by atoms with Gasteiger partial charge in [0.1, 0.15) is 6.29 Å². The van der Waals surface area contributed by atoms with Crippen molar-refractivity contribution in [2.45, 2.75) is 26.9 Å². The molecule has 0 spiro atoms. The van der Waals surface area contributed by atoms with Crippen molar-refractivity contribution in [3.8, 4) is 11.5 Å². The molecule has 0 saturated carbocycles. The predicted octanol–water partition coefficient (Wildman–Crippen LogP) is 2.83. The van der Waals surface area contributed by atoms with Crippen molar-refractivity contribution in [1.29, 1.82) is 0 Å². The number of aldehydes is 1. The van der Waals surface area contributed by atoms with Crippen molar-refractivity contribution >= 4 is 17.9 Å². The Morgan fingerprint density at radius 2 is 2.18 bits per heavy atom. The predicted molar refractivity (Wildman–Crippen MR) is 84.8 cm³/mol. The lowest BCUT2D eigenvalue weighted by Crippen LogP contribution is -2.49. The van der Waals surface area contributed by atoms with Gasteiger partial charge in [0.05, 0.1) is 12.8 Å². The van der Waals surface area contributed by atoms with Crippen LogP contribution in [0, 0.1) is 5.92 Å². The van der Waals surface area contributed by atoms with Crippen molar-refractivity contribution in [3.05, 3.63) is 29.8 Å². The molecule has 0 bridgehead atoms. The molecular weight excluding hydrogens is 282 g/mol. The highest BCUT2D eigenvalue weighted by Gasteiger charge is 2.38. The molecular formula is C17H21NO4. The maximum Gasteiger partial charge on any atom is 0.268 e. The Bertz CT molecular complexity index is 621. The van der Waals surface area contributed by atoms with Gasteiger partial charge in [-0.05, 0) is 25.0 Å². The van der Waals surface area contributed by atoms with Crippen molar-refractivity contribution in [2.75, 3.05) is 18.6 Å². The van der Waals surface area contributed by atoms with Gasteiger partial charge >= 0.3 is 0 Å². The summed E-state index contributed by atoms with van der Waals surface area (Å²) in [5, 5.41) is 0. The van der Waals surface area contributed by atoms with E-state index in [4.69, 9.17) is 9.47 Å². The molecule has 5 nitrogen and oxygen atoms in total. The third-order valence-corrected chi connectivity index (χ3v) is 3.49. The van der Waals surface area contributed by atoms with Gasteiger partial charge in [-0.3, -0.25) is 9.59 Å². The van der Waals surface area contributed by atoms with E-state index in [0.29, 0.717) is 29.3 Å². The summed E-state index contributed by atoms with van der Waals surface area (Å²) < 4.78 is 11.2. The summed E-state index contributed by atoms with van der Waals surface area (Å²) in [6.45, 7) is 9.97. The number of benzene rings is 1. The highest BCUT2D eigenvalue weighted by Crippen LogP contribution is 2.43. The van der Waals surface area contributed by atoms with E-state index < -0.39 is 6.10 Å². The minimum atomic E-state index is -0.581. The first-order valence-electron chi connectivity index (χ1n) is 7.18. The van der Waals surface area contributed by atoms with Crippen LogP contribution in [0.3, 0.4) is 0 Å². The number of amides is 1. The smallest absolute Gasteiger partial charge is 0.268 e. The second-order valence-electron chi connectivity index (χ2n) is 5.85. The highest BCUT2D eigenvalue weighted by atomic mass is 16.5. The van der Waals surface area contributed by atoms with E-state index in [1.807, 2.05) is 20.8 Å². The second kappa shape index (κ2) is 6.22. The molecule has 1 aliphatic rings. The van der Waals surface area contributed by atoms with Gasteiger partial charge in [-0.2, -0.15) is 0 Å². The molecule has 1 aromatic rings. The van der Waals surface area contributed by atoms with Gasteiger partial charge in [-0.25, -0.2) is 0 Å². The van der Waals surface area contributed by atoms with Gasteiger partial charge < -0.3 is 14.4 Å². The van der Waals surface area contributed by atoms with Gasteiger partial charge in [0, 0.05) is 12.1 Å². The van der Waals surface area contributed by atoms with Crippen LogP contribution in [0.25, 0.3) is 0 Å². The fourth-order valence-electron chi connectivity index (χ4n) is 2.45. The summed E-state index contributed by atoms with van der Waals surface area (Å²) in [5.41, 5.74) is 1.83. The third kappa shape index (κ3) is 2.84. The summed E-state index contributed by atoms with van der Waals surface area (Å²) in [7, 11) is 1.51. The molecule has 0 radical (unpaired) electrons. The lowest BCUT2D eigenvalue weighted by Gasteiger charge is -2.36. The van der Waals surface area contributed by atoms with Gasteiger partial charge in [-0.1, -0.05) is 26.0 Å². The zero-order valence-corrected chi connectivity index (χ0v) is 13.4. The fourth-order valence-corrected chi connectivity index (χ4v) is 2.45. The average Bonchev–Trinajstić information content (AvgIpc) is 2.47. The minimum Gasteiger partial charge on any atom is -0.493 e. The number of hydrogen-bond donors (Lipinski definition) is 0. The highest BCUT2D eigenvalue weighted by molar-refractivity contribution is 6.02.